The highest BCUT2D eigenvalue weighted by Gasteiger charge is 2.40. The van der Waals surface area contributed by atoms with Gasteiger partial charge in [0.25, 0.3) is 0 Å². The van der Waals surface area contributed by atoms with Crippen molar-refractivity contribution in [1.82, 2.24) is 9.80 Å². The van der Waals surface area contributed by atoms with Gasteiger partial charge in [0.15, 0.2) is 0 Å². The lowest BCUT2D eigenvalue weighted by Crippen LogP contribution is -2.34. The lowest BCUT2D eigenvalue weighted by atomic mass is 9.86. The molecule has 0 aliphatic carbocycles. The van der Waals surface area contributed by atoms with Gasteiger partial charge in [0, 0.05) is 0 Å². The van der Waals surface area contributed by atoms with Crippen molar-refractivity contribution in [3.8, 4) is 0 Å². The van der Waals surface area contributed by atoms with E-state index >= 15 is 0 Å². The largest absolute Gasteiger partial charge is 0.419 e. The monoisotopic (exact) mass is 564 g/mol. The first kappa shape index (κ1) is 31.3. The van der Waals surface area contributed by atoms with E-state index in [1.54, 1.807) is 0 Å². The third-order valence-corrected chi connectivity index (χ3v) is 7.70. The molecule has 2 aliphatic heterocycles. The molecule has 218 valence electrons. The molecule has 39 heavy (non-hydrogen) atoms. The van der Waals surface area contributed by atoms with Gasteiger partial charge in [0.05, 0.1) is 11.1 Å². The first-order chi connectivity index (χ1) is 18.4. The summed E-state index contributed by atoms with van der Waals surface area (Å²) in [7, 11) is 0. The minimum Gasteiger partial charge on any atom is -0.304 e. The quantitative estimate of drug-likeness (QED) is 0.336. The standard InChI is InChI=1S/C15H19F4N.C14H17F4N/c1-2-8-20-9-6-11(7-10-20)12-4-3-5-13(16)14(12)15(17,18)19;1-2-19-8-6-10(7-9-19)11-4-3-5-12(15)13(11)14(16,17)18/h3-5,11H,2,6-10H2,1H3;3-5,10H,2,6-9H2,1H3. The normalized spacial score (nSPS) is 18.6. The fourth-order valence-corrected chi connectivity index (χ4v) is 5.70. The fourth-order valence-electron chi connectivity index (χ4n) is 5.70. The van der Waals surface area contributed by atoms with E-state index in [-0.39, 0.29) is 23.0 Å². The summed E-state index contributed by atoms with van der Waals surface area (Å²) in [6.45, 7) is 9.11. The van der Waals surface area contributed by atoms with Crippen LogP contribution in [0.3, 0.4) is 0 Å². The highest BCUT2D eigenvalue weighted by Crippen LogP contribution is 2.41. The molecule has 0 N–H and O–H groups in total. The van der Waals surface area contributed by atoms with Gasteiger partial charge in [0.1, 0.15) is 11.6 Å². The first-order valence-corrected chi connectivity index (χ1v) is 13.5. The summed E-state index contributed by atoms with van der Waals surface area (Å²) in [6, 6.07) is 7.35. The molecule has 2 fully saturated rings. The Labute approximate surface area is 225 Å². The molecule has 2 aliphatic rings. The number of benzene rings is 2. The first-order valence-electron chi connectivity index (χ1n) is 13.5. The average molecular weight is 565 g/mol. The van der Waals surface area contributed by atoms with Crippen molar-refractivity contribution in [2.45, 2.75) is 70.1 Å². The van der Waals surface area contributed by atoms with Gasteiger partial charge in [0.2, 0.25) is 0 Å². The van der Waals surface area contributed by atoms with E-state index in [0.717, 1.165) is 57.8 Å². The molecule has 0 atom stereocenters. The topological polar surface area (TPSA) is 6.48 Å². The number of nitrogens with zero attached hydrogens (tertiary/aromatic N) is 2. The fraction of sp³-hybridized carbons (Fsp3) is 0.586. The van der Waals surface area contributed by atoms with Crippen molar-refractivity contribution in [3.05, 3.63) is 70.3 Å². The molecular weight excluding hydrogens is 528 g/mol. The molecular formula is C29H36F8N2. The predicted octanol–water partition coefficient (Wildman–Crippen LogP) is 8.48. The van der Waals surface area contributed by atoms with Crippen molar-refractivity contribution >= 4 is 0 Å². The maximum Gasteiger partial charge on any atom is 0.419 e. The Hall–Kier alpha value is -2.20. The van der Waals surface area contributed by atoms with Gasteiger partial charge >= 0.3 is 12.4 Å². The van der Waals surface area contributed by atoms with Crippen molar-refractivity contribution < 1.29 is 35.1 Å². The molecule has 0 amide bonds. The lowest BCUT2D eigenvalue weighted by Gasteiger charge is -2.33. The van der Waals surface area contributed by atoms with Crippen molar-refractivity contribution in [2.75, 3.05) is 39.3 Å². The predicted molar refractivity (Wildman–Crippen MR) is 136 cm³/mol. The second-order valence-corrected chi connectivity index (χ2v) is 10.2. The SMILES string of the molecule is CCCN1CCC(c2cccc(F)c2C(F)(F)F)CC1.CCN1CCC(c2cccc(F)c2C(F)(F)F)CC1. The van der Waals surface area contributed by atoms with Crippen LogP contribution in [0.25, 0.3) is 0 Å². The van der Waals surface area contributed by atoms with Crippen LogP contribution < -0.4 is 0 Å². The Balaban J connectivity index is 0.000000216. The van der Waals surface area contributed by atoms with E-state index in [9.17, 15) is 35.1 Å². The van der Waals surface area contributed by atoms with Crippen LogP contribution in [0, 0.1) is 11.6 Å². The molecule has 0 bridgehead atoms. The van der Waals surface area contributed by atoms with Gasteiger partial charge in [-0.3, -0.25) is 0 Å². The number of halogens is 8. The van der Waals surface area contributed by atoms with Gasteiger partial charge < -0.3 is 9.80 Å². The third kappa shape index (κ3) is 8.16. The summed E-state index contributed by atoms with van der Waals surface area (Å²) in [4.78, 5) is 4.45. The Morgan fingerprint density at radius 1 is 0.641 bits per heavy atom. The third-order valence-electron chi connectivity index (χ3n) is 7.70. The molecule has 0 spiro atoms. The van der Waals surface area contributed by atoms with Gasteiger partial charge in [-0.15, -0.1) is 0 Å². The summed E-state index contributed by atoms with van der Waals surface area (Å²) in [6.07, 6.45) is -5.58. The number of hydrogen-bond acceptors (Lipinski definition) is 2. The van der Waals surface area contributed by atoms with E-state index in [4.69, 9.17) is 0 Å². The van der Waals surface area contributed by atoms with Gasteiger partial charge in [-0.25, -0.2) is 8.78 Å². The Morgan fingerprint density at radius 2 is 1.03 bits per heavy atom. The van der Waals surface area contributed by atoms with E-state index in [0.29, 0.717) is 25.7 Å². The van der Waals surface area contributed by atoms with Gasteiger partial charge in [-0.2, -0.15) is 26.3 Å². The molecule has 0 radical (unpaired) electrons. The van der Waals surface area contributed by atoms with Crippen LogP contribution in [0.5, 0.6) is 0 Å². The molecule has 2 heterocycles. The minimum atomic E-state index is -4.62. The second kappa shape index (κ2) is 13.4. The summed E-state index contributed by atoms with van der Waals surface area (Å²) in [5, 5.41) is 0. The van der Waals surface area contributed by atoms with E-state index < -0.39 is 35.1 Å². The van der Waals surface area contributed by atoms with E-state index in [1.807, 2.05) is 6.92 Å². The van der Waals surface area contributed by atoms with E-state index in [1.165, 1.54) is 24.3 Å². The number of piperidine rings is 2. The summed E-state index contributed by atoms with van der Waals surface area (Å²) >= 11 is 0. The van der Waals surface area contributed by atoms with E-state index in [2.05, 4.69) is 16.7 Å². The zero-order valence-electron chi connectivity index (χ0n) is 22.3. The number of alkyl halides is 6. The molecule has 10 heteroatoms. The molecule has 0 saturated carbocycles. The average Bonchev–Trinajstić information content (AvgIpc) is 2.88. The Morgan fingerprint density at radius 3 is 1.36 bits per heavy atom. The number of rotatable bonds is 5. The van der Waals surface area contributed by atoms with Crippen molar-refractivity contribution in [1.29, 1.82) is 0 Å². The summed E-state index contributed by atoms with van der Waals surface area (Å²) < 4.78 is 105. The zero-order chi connectivity index (χ0) is 28.8. The van der Waals surface area contributed by atoms with Crippen LogP contribution in [0.1, 0.15) is 80.0 Å². The van der Waals surface area contributed by atoms with Crippen LogP contribution in [-0.2, 0) is 12.4 Å². The molecule has 0 aromatic heterocycles. The number of likely N-dealkylation sites (tertiary alicyclic amines) is 2. The molecule has 2 saturated heterocycles. The molecule has 2 aromatic carbocycles. The summed E-state index contributed by atoms with van der Waals surface area (Å²) in [5.41, 5.74) is -1.92. The maximum atomic E-state index is 13.6. The van der Waals surface area contributed by atoms with Crippen molar-refractivity contribution in [2.24, 2.45) is 0 Å². The summed E-state index contributed by atoms with van der Waals surface area (Å²) in [5.74, 6) is -2.72. The van der Waals surface area contributed by atoms with Gasteiger partial charge in [-0.05, 0) is 106 Å². The molecule has 2 aromatic rings. The van der Waals surface area contributed by atoms with Crippen molar-refractivity contribution in [3.63, 3.8) is 0 Å². The molecule has 0 unspecified atom stereocenters. The van der Waals surface area contributed by atoms with Crippen LogP contribution in [-0.4, -0.2) is 49.1 Å². The Bertz CT molecular complexity index is 1050. The van der Waals surface area contributed by atoms with Crippen LogP contribution in [0.2, 0.25) is 0 Å². The zero-order valence-corrected chi connectivity index (χ0v) is 22.3. The van der Waals surface area contributed by atoms with Crippen LogP contribution >= 0.6 is 0 Å². The Kier molecular flexibility index (Phi) is 10.8. The highest BCUT2D eigenvalue weighted by molar-refractivity contribution is 5.35. The maximum absolute atomic E-state index is 13.6. The smallest absolute Gasteiger partial charge is 0.304 e. The van der Waals surface area contributed by atoms with Crippen LogP contribution in [0.4, 0.5) is 35.1 Å². The van der Waals surface area contributed by atoms with Gasteiger partial charge in [-0.1, -0.05) is 38.1 Å². The minimum absolute atomic E-state index is 0.114. The highest BCUT2D eigenvalue weighted by atomic mass is 19.4. The van der Waals surface area contributed by atoms with Crippen LogP contribution in [0.15, 0.2) is 36.4 Å². The number of hydrogen-bond donors (Lipinski definition) is 0. The molecule has 4 rings (SSSR count). The second-order valence-electron chi connectivity index (χ2n) is 10.2. The molecule has 2 nitrogen and oxygen atoms in total. The lowest BCUT2D eigenvalue weighted by molar-refractivity contribution is -0.141.